The lowest BCUT2D eigenvalue weighted by Gasteiger charge is -2.22. The van der Waals surface area contributed by atoms with E-state index in [2.05, 4.69) is 15.0 Å². The molecule has 0 bridgehead atoms. The number of hydrogen-bond donors (Lipinski definition) is 1. The fraction of sp³-hybridized carbons (Fsp3) is 0.435. The van der Waals surface area contributed by atoms with Gasteiger partial charge in [0.2, 0.25) is 11.8 Å². The fourth-order valence-corrected chi connectivity index (χ4v) is 3.90. The molecule has 2 atom stereocenters. The minimum atomic E-state index is -2.96. The lowest BCUT2D eigenvalue weighted by atomic mass is 9.95. The van der Waals surface area contributed by atoms with Crippen LogP contribution in [0.4, 0.5) is 14.6 Å². The Bertz CT molecular complexity index is 969. The van der Waals surface area contributed by atoms with Crippen LogP contribution in [0.15, 0.2) is 42.6 Å². The van der Waals surface area contributed by atoms with Gasteiger partial charge in [0.15, 0.2) is 11.5 Å². The number of nitrogens with one attached hydrogen (secondary N) is 1. The van der Waals surface area contributed by atoms with Gasteiger partial charge in [-0.15, -0.1) is 0 Å². The van der Waals surface area contributed by atoms with Crippen LogP contribution in [0, 0.1) is 5.92 Å². The van der Waals surface area contributed by atoms with Crippen LogP contribution in [-0.4, -0.2) is 47.5 Å². The third kappa shape index (κ3) is 5.33. The Kier molecular flexibility index (Phi) is 6.53. The molecule has 1 N–H and O–H groups in total. The number of carbonyl (C=O) groups excluding carboxylic acids is 2. The molecule has 1 aliphatic heterocycles. The first-order valence-electron chi connectivity index (χ1n) is 10.6. The summed E-state index contributed by atoms with van der Waals surface area (Å²) in [6.45, 7) is -0.744. The zero-order chi connectivity index (χ0) is 22.7. The molecule has 2 aliphatic rings. The van der Waals surface area contributed by atoms with Crippen LogP contribution >= 0.6 is 0 Å². The Morgan fingerprint density at radius 2 is 2.03 bits per heavy atom. The molecule has 1 aromatic carbocycles. The highest BCUT2D eigenvalue weighted by Crippen LogP contribution is 2.39. The Morgan fingerprint density at radius 1 is 1.22 bits per heavy atom. The number of likely N-dealkylation sites (tertiary alicyclic amines) is 1. The second kappa shape index (κ2) is 9.50. The second-order valence-electron chi connectivity index (χ2n) is 8.16. The van der Waals surface area contributed by atoms with Crippen molar-refractivity contribution < 1.29 is 27.8 Å². The second-order valence-corrected chi connectivity index (χ2v) is 8.16. The summed E-state index contributed by atoms with van der Waals surface area (Å²) in [5, 5.41) is 2.75. The van der Waals surface area contributed by atoms with E-state index in [-0.39, 0.29) is 29.2 Å². The molecule has 0 spiro atoms. The van der Waals surface area contributed by atoms with Gasteiger partial charge in [-0.05, 0) is 55.0 Å². The zero-order valence-corrected chi connectivity index (χ0v) is 17.7. The maximum absolute atomic E-state index is 12.9. The Labute approximate surface area is 184 Å². The smallest absolute Gasteiger partial charge is 0.387 e. The molecule has 1 saturated heterocycles. The average molecular weight is 445 g/mol. The number of nitrogens with zero attached hydrogens (tertiary/aromatic N) is 2. The van der Waals surface area contributed by atoms with Crippen LogP contribution in [-0.2, 0) is 9.59 Å². The number of hydrogen-bond acceptors (Lipinski definition) is 5. The zero-order valence-electron chi connectivity index (χ0n) is 17.7. The number of carbonyl (C=O) groups is 2. The van der Waals surface area contributed by atoms with Gasteiger partial charge in [0.05, 0.1) is 6.61 Å². The van der Waals surface area contributed by atoms with E-state index >= 15 is 0 Å². The number of aromatic nitrogens is 1. The van der Waals surface area contributed by atoms with Crippen LogP contribution in [0.25, 0.3) is 0 Å². The monoisotopic (exact) mass is 445 g/mol. The Hall–Kier alpha value is -3.23. The topological polar surface area (TPSA) is 80.8 Å². The van der Waals surface area contributed by atoms with Crippen molar-refractivity contribution in [1.82, 2.24) is 9.88 Å². The number of ether oxygens (including phenoxy) is 2. The molecular weight excluding hydrogens is 420 g/mol. The quantitative estimate of drug-likeness (QED) is 0.668. The fourth-order valence-electron chi connectivity index (χ4n) is 3.90. The summed E-state index contributed by atoms with van der Waals surface area (Å²) in [6, 6.07) is 9.35. The van der Waals surface area contributed by atoms with Gasteiger partial charge in [-0.3, -0.25) is 9.59 Å². The summed E-state index contributed by atoms with van der Waals surface area (Å²) in [4.78, 5) is 30.7. The summed E-state index contributed by atoms with van der Waals surface area (Å²) in [5.41, 5.74) is 0.803. The number of alkyl halides is 2. The van der Waals surface area contributed by atoms with E-state index in [0.29, 0.717) is 31.3 Å². The predicted molar refractivity (Wildman–Crippen MR) is 113 cm³/mol. The molecule has 2 aromatic rings. The maximum Gasteiger partial charge on any atom is 0.387 e. The minimum absolute atomic E-state index is 0.0183. The third-order valence-electron chi connectivity index (χ3n) is 5.75. The summed E-state index contributed by atoms with van der Waals surface area (Å²) < 4.78 is 36.0. The molecule has 170 valence electrons. The highest BCUT2D eigenvalue weighted by molar-refractivity contribution is 5.96. The van der Waals surface area contributed by atoms with E-state index in [1.165, 1.54) is 17.9 Å². The first-order chi connectivity index (χ1) is 15.4. The molecule has 1 aliphatic carbocycles. The minimum Gasteiger partial charge on any atom is -0.489 e. The molecule has 7 nitrogen and oxygen atoms in total. The van der Waals surface area contributed by atoms with Crippen molar-refractivity contribution in [2.75, 3.05) is 18.5 Å². The molecule has 0 radical (unpaired) electrons. The molecule has 2 fully saturated rings. The summed E-state index contributed by atoms with van der Waals surface area (Å²) in [7, 11) is 0. The normalized spacial score (nSPS) is 20.3. The molecule has 32 heavy (non-hydrogen) atoms. The maximum atomic E-state index is 12.9. The first-order valence-corrected chi connectivity index (χ1v) is 10.6. The van der Waals surface area contributed by atoms with Gasteiger partial charge in [-0.1, -0.05) is 12.1 Å². The van der Waals surface area contributed by atoms with Crippen LogP contribution in [0.3, 0.4) is 0 Å². The van der Waals surface area contributed by atoms with Gasteiger partial charge in [-0.2, -0.15) is 8.78 Å². The molecule has 9 heteroatoms. The van der Waals surface area contributed by atoms with Crippen molar-refractivity contribution in [3.63, 3.8) is 0 Å². The Morgan fingerprint density at radius 3 is 2.69 bits per heavy atom. The highest BCUT2D eigenvalue weighted by atomic mass is 19.3. The highest BCUT2D eigenvalue weighted by Gasteiger charge is 2.39. The average Bonchev–Trinajstić information content (AvgIpc) is 3.48. The third-order valence-corrected chi connectivity index (χ3v) is 5.75. The number of anilines is 1. The van der Waals surface area contributed by atoms with E-state index in [1.807, 2.05) is 0 Å². The van der Waals surface area contributed by atoms with Gasteiger partial charge in [0, 0.05) is 25.6 Å². The number of halogens is 2. The van der Waals surface area contributed by atoms with E-state index in [0.717, 1.165) is 18.4 Å². The van der Waals surface area contributed by atoms with Gasteiger partial charge in [-0.25, -0.2) is 4.98 Å². The summed E-state index contributed by atoms with van der Waals surface area (Å²) >= 11 is 0. The van der Waals surface area contributed by atoms with E-state index in [9.17, 15) is 18.4 Å². The first kappa shape index (κ1) is 22.0. The molecular formula is C23H25F2N3O4. The Balaban J connectivity index is 1.52. The van der Waals surface area contributed by atoms with Gasteiger partial charge < -0.3 is 19.7 Å². The molecule has 2 amide bonds. The lowest BCUT2D eigenvalue weighted by Crippen LogP contribution is -2.42. The summed E-state index contributed by atoms with van der Waals surface area (Å²) in [6.07, 6.45) is 4.10. The SMILES string of the molecule is CC(=O)N1CC(c2ccc(OC(F)F)c(OCC3CC3)c2)C[C@@H]1C(=O)Nc1ccccn1. The molecule has 1 saturated carbocycles. The molecule has 4 rings (SSSR count). The van der Waals surface area contributed by atoms with E-state index in [1.54, 1.807) is 36.5 Å². The number of amides is 2. The molecule has 1 aromatic heterocycles. The van der Waals surface area contributed by atoms with Gasteiger partial charge in [0.1, 0.15) is 11.9 Å². The van der Waals surface area contributed by atoms with Crippen molar-refractivity contribution in [3.8, 4) is 11.5 Å². The number of pyridine rings is 1. The van der Waals surface area contributed by atoms with Crippen molar-refractivity contribution in [3.05, 3.63) is 48.2 Å². The predicted octanol–water partition coefficient (Wildman–Crippen LogP) is 3.81. The van der Waals surface area contributed by atoms with Gasteiger partial charge >= 0.3 is 6.61 Å². The van der Waals surface area contributed by atoms with Crippen molar-refractivity contribution in [1.29, 1.82) is 0 Å². The summed E-state index contributed by atoms with van der Waals surface area (Å²) in [5.74, 6) is 0.412. The van der Waals surface area contributed by atoms with Gasteiger partial charge in [0.25, 0.3) is 0 Å². The molecule has 2 heterocycles. The van der Waals surface area contributed by atoms with Crippen LogP contribution in [0.5, 0.6) is 11.5 Å². The largest absolute Gasteiger partial charge is 0.489 e. The number of benzene rings is 1. The van der Waals surface area contributed by atoms with E-state index < -0.39 is 12.7 Å². The molecule has 1 unspecified atom stereocenters. The van der Waals surface area contributed by atoms with E-state index in [4.69, 9.17) is 4.74 Å². The van der Waals surface area contributed by atoms with Crippen molar-refractivity contribution in [2.24, 2.45) is 5.92 Å². The number of rotatable bonds is 8. The standard InChI is InChI=1S/C23H25F2N3O4/c1-14(29)28-12-17(10-18(28)22(30)27-21-4-2-3-9-26-21)16-7-8-19(32-23(24)25)20(11-16)31-13-15-5-6-15/h2-4,7-9,11,15,17-18,23H,5-6,10,12-13H2,1H3,(H,26,27,30)/t17?,18-/m1/s1. The van der Waals surface area contributed by atoms with Crippen molar-refractivity contribution in [2.45, 2.75) is 44.8 Å². The lowest BCUT2D eigenvalue weighted by molar-refractivity contribution is -0.134. The van der Waals surface area contributed by atoms with Crippen LogP contribution in [0.1, 0.15) is 37.7 Å². The van der Waals surface area contributed by atoms with Crippen molar-refractivity contribution >= 4 is 17.6 Å². The van der Waals surface area contributed by atoms with Crippen LogP contribution in [0.2, 0.25) is 0 Å². The van der Waals surface area contributed by atoms with Crippen LogP contribution < -0.4 is 14.8 Å².